The van der Waals surface area contributed by atoms with Gasteiger partial charge in [-0.05, 0) is 79.5 Å². The van der Waals surface area contributed by atoms with Crippen LogP contribution in [0.2, 0.25) is 0 Å². The van der Waals surface area contributed by atoms with Crippen molar-refractivity contribution in [2.45, 2.75) is 0 Å². The van der Waals surface area contributed by atoms with Crippen LogP contribution in [0.3, 0.4) is 0 Å². The molecular weight excluding hydrogens is 692 g/mol. The van der Waals surface area contributed by atoms with Gasteiger partial charge in [0, 0.05) is 21.5 Å². The fourth-order valence-corrected chi connectivity index (χ4v) is 10.9. The third-order valence-corrected chi connectivity index (χ3v) is 13.4. The molecule has 252 valence electrons. The van der Waals surface area contributed by atoms with Crippen molar-refractivity contribution in [2.75, 3.05) is 4.44 Å². The molecular formula is C46H29NO4P2. The molecule has 0 aliphatic carbocycles. The Morgan fingerprint density at radius 3 is 0.887 bits per heavy atom. The topological polar surface area (TPSA) is 55.8 Å². The maximum atomic E-state index is 7.15. The Hall–Kier alpha value is -6.38. The van der Waals surface area contributed by atoms with Crippen LogP contribution in [0.25, 0.3) is 87.0 Å². The van der Waals surface area contributed by atoms with Crippen LogP contribution in [0, 0.1) is 0 Å². The molecule has 11 rings (SSSR count). The number of fused-ring (bicyclic) bond motifs is 14. The van der Waals surface area contributed by atoms with E-state index >= 15 is 0 Å². The molecule has 0 saturated heterocycles. The van der Waals surface area contributed by atoms with Crippen molar-refractivity contribution in [1.82, 2.24) is 0 Å². The summed E-state index contributed by atoms with van der Waals surface area (Å²) < 4.78 is 30.7. The summed E-state index contributed by atoms with van der Waals surface area (Å²) >= 11 is 0. The van der Waals surface area contributed by atoms with Crippen LogP contribution in [-0.2, 0) is 0 Å². The van der Waals surface area contributed by atoms with Gasteiger partial charge in [0.15, 0.2) is 0 Å². The Balaban J connectivity index is 1.32. The quantitative estimate of drug-likeness (QED) is 0.182. The molecule has 2 aromatic heterocycles. The van der Waals surface area contributed by atoms with Gasteiger partial charge in [-0.2, -0.15) is 4.44 Å². The summed E-state index contributed by atoms with van der Waals surface area (Å²) in [5.41, 5.74) is 3.84. The van der Waals surface area contributed by atoms with Gasteiger partial charge < -0.3 is 16.8 Å². The van der Waals surface area contributed by atoms with Crippen molar-refractivity contribution in [1.29, 1.82) is 0 Å². The largest absolute Gasteiger partial charge is 0.403 e. The van der Waals surface area contributed by atoms with Gasteiger partial charge in [0.1, 0.15) is 22.3 Å². The Labute approximate surface area is 305 Å². The van der Waals surface area contributed by atoms with Gasteiger partial charge in [-0.3, -0.25) is 0 Å². The first-order valence-corrected chi connectivity index (χ1v) is 19.8. The monoisotopic (exact) mass is 721 g/mol. The van der Waals surface area contributed by atoms with Crippen LogP contribution in [0.4, 0.5) is 5.69 Å². The number of nitrogens with zero attached hydrogens (tertiary/aromatic N) is 1. The molecule has 0 atom stereocenters. The molecule has 0 bridgehead atoms. The SMILES string of the molecule is c1ccc(N(p2oc3ccc4ccccc4c3c3c(ccc4ccccc43)o2)p2oc3ccc4ccccc4c3c3c(ccc4ccccc43)o2)cc1. The van der Waals surface area contributed by atoms with E-state index in [-0.39, 0.29) is 0 Å². The smallest absolute Gasteiger partial charge is 0.354 e. The molecule has 0 saturated carbocycles. The summed E-state index contributed by atoms with van der Waals surface area (Å²) in [6.45, 7) is 0. The molecule has 53 heavy (non-hydrogen) atoms. The average Bonchev–Trinajstić information content (AvgIpc) is 3.50. The van der Waals surface area contributed by atoms with Crippen LogP contribution in [0.5, 0.6) is 0 Å². The van der Waals surface area contributed by atoms with Crippen molar-refractivity contribution in [3.63, 3.8) is 0 Å². The average molecular weight is 722 g/mol. The van der Waals surface area contributed by atoms with Gasteiger partial charge in [-0.1, -0.05) is 140 Å². The molecule has 7 heteroatoms. The van der Waals surface area contributed by atoms with Crippen molar-refractivity contribution in [2.24, 2.45) is 0 Å². The van der Waals surface area contributed by atoms with Gasteiger partial charge in [-0.15, -0.1) is 0 Å². The molecule has 2 heterocycles. The second-order valence-corrected chi connectivity index (χ2v) is 15.9. The van der Waals surface area contributed by atoms with Crippen molar-refractivity contribution in [3.05, 3.63) is 176 Å². The zero-order valence-electron chi connectivity index (χ0n) is 28.2. The molecule has 5 nitrogen and oxygen atoms in total. The summed E-state index contributed by atoms with van der Waals surface area (Å²) in [5.74, 6) is 0. The third-order valence-electron chi connectivity index (χ3n) is 10.1. The van der Waals surface area contributed by atoms with E-state index in [1.165, 1.54) is 0 Å². The maximum Gasteiger partial charge on any atom is 0.354 e. The van der Waals surface area contributed by atoms with E-state index in [0.29, 0.717) is 0 Å². The third kappa shape index (κ3) is 4.86. The summed E-state index contributed by atoms with van der Waals surface area (Å²) in [4.78, 5) is 0. The van der Waals surface area contributed by atoms with Gasteiger partial charge in [0.05, 0.1) is 5.69 Å². The highest BCUT2D eigenvalue weighted by Crippen LogP contribution is 2.54. The minimum atomic E-state index is -1.89. The molecule has 9 aromatic carbocycles. The standard InChI is InChI=1S/C46H29NO4P2/c1-2-16-34(17-3-1)47(52-48-39-26-22-30-12-4-8-18-35(30)43(39)44-36-19-9-5-13-31(36)23-27-40(44)49-52)53-50-41-28-24-32-14-6-10-20-37(32)45(41)46-38-21-11-7-15-33(38)25-29-42(46)51-53/h1-29H. The van der Waals surface area contributed by atoms with Gasteiger partial charge >= 0.3 is 16.3 Å². The van der Waals surface area contributed by atoms with E-state index in [1.54, 1.807) is 0 Å². The van der Waals surface area contributed by atoms with Gasteiger partial charge in [-0.25, -0.2) is 0 Å². The number of para-hydroxylation sites is 1. The van der Waals surface area contributed by atoms with Gasteiger partial charge in [0.2, 0.25) is 0 Å². The van der Waals surface area contributed by atoms with Crippen molar-refractivity contribution >= 4 is 109 Å². The number of hydrogen-bond acceptors (Lipinski definition) is 5. The highest BCUT2D eigenvalue weighted by atomic mass is 31.2. The summed E-state index contributed by atoms with van der Waals surface area (Å²) in [6.07, 6.45) is 0. The van der Waals surface area contributed by atoms with Crippen molar-refractivity contribution in [3.8, 4) is 0 Å². The summed E-state index contributed by atoms with van der Waals surface area (Å²) in [5, 5.41) is 13.0. The zero-order chi connectivity index (χ0) is 34.9. The highest BCUT2D eigenvalue weighted by Gasteiger charge is 2.25. The molecule has 0 fully saturated rings. The number of rotatable bonds is 3. The molecule has 0 unspecified atom stereocenters. The van der Waals surface area contributed by atoms with E-state index in [1.807, 2.05) is 18.2 Å². The molecule has 0 spiro atoms. The van der Waals surface area contributed by atoms with Crippen LogP contribution in [0.1, 0.15) is 0 Å². The first-order valence-electron chi connectivity index (χ1n) is 17.5. The van der Waals surface area contributed by atoms with Crippen LogP contribution in [-0.4, -0.2) is 0 Å². The van der Waals surface area contributed by atoms with Crippen LogP contribution in [0.15, 0.2) is 193 Å². The Morgan fingerprint density at radius 1 is 0.283 bits per heavy atom. The van der Waals surface area contributed by atoms with Gasteiger partial charge in [0.25, 0.3) is 0 Å². The molecule has 0 aliphatic heterocycles. The fourth-order valence-electron chi connectivity index (χ4n) is 7.68. The first-order chi connectivity index (χ1) is 26.3. The van der Waals surface area contributed by atoms with E-state index in [4.69, 9.17) is 16.8 Å². The van der Waals surface area contributed by atoms with E-state index < -0.39 is 16.3 Å². The number of anilines is 1. The normalized spacial score (nSPS) is 11.8. The van der Waals surface area contributed by atoms with E-state index in [0.717, 1.165) is 92.7 Å². The molecule has 0 N–H and O–H groups in total. The van der Waals surface area contributed by atoms with E-state index in [9.17, 15) is 0 Å². The lowest BCUT2D eigenvalue weighted by Gasteiger charge is -2.17. The lowest BCUT2D eigenvalue weighted by atomic mass is 9.99. The molecule has 0 radical (unpaired) electrons. The minimum Gasteiger partial charge on any atom is -0.403 e. The predicted molar refractivity (Wildman–Crippen MR) is 222 cm³/mol. The highest BCUT2D eigenvalue weighted by molar-refractivity contribution is 7.59. The second kappa shape index (κ2) is 12.1. The first kappa shape index (κ1) is 30.3. The predicted octanol–water partition coefficient (Wildman–Crippen LogP) is 15.2. The number of hydrogen-bond donors (Lipinski definition) is 0. The summed E-state index contributed by atoms with van der Waals surface area (Å²) in [7, 11) is -3.78. The molecule has 11 aromatic rings. The maximum absolute atomic E-state index is 7.15. The van der Waals surface area contributed by atoms with Crippen molar-refractivity contribution < 1.29 is 16.8 Å². The molecule has 0 aliphatic rings. The second-order valence-electron chi connectivity index (χ2n) is 13.1. The summed E-state index contributed by atoms with van der Waals surface area (Å²) in [6, 6.07) is 60.8. The minimum absolute atomic E-state index is 0.744. The lowest BCUT2D eigenvalue weighted by molar-refractivity contribution is 0.624. The zero-order valence-corrected chi connectivity index (χ0v) is 30.0. The van der Waals surface area contributed by atoms with E-state index in [2.05, 4.69) is 162 Å². The van der Waals surface area contributed by atoms with Crippen LogP contribution < -0.4 is 4.44 Å². The van der Waals surface area contributed by atoms with Crippen LogP contribution >= 0.6 is 16.3 Å². The lowest BCUT2D eigenvalue weighted by Crippen LogP contribution is -1.99. The Bertz CT molecular complexity index is 2920. The Kier molecular flexibility index (Phi) is 6.91. The number of benzene rings is 9. The fraction of sp³-hybridized carbons (Fsp3) is 0. The molecule has 0 amide bonds. The Morgan fingerprint density at radius 2 is 0.566 bits per heavy atom.